The van der Waals surface area contributed by atoms with E-state index in [4.69, 9.17) is 20.4 Å². The van der Waals surface area contributed by atoms with E-state index in [0.717, 1.165) is 6.54 Å². The number of piperazine rings is 1. The van der Waals surface area contributed by atoms with Gasteiger partial charge in [0.1, 0.15) is 0 Å². The average molecular weight is 600 g/mol. The summed E-state index contributed by atoms with van der Waals surface area (Å²) in [5, 5.41) is 31.2. The largest absolute Gasteiger partial charge is 0.478 e. The molecule has 0 aliphatic carbocycles. The van der Waals surface area contributed by atoms with Crippen LogP contribution in [0.15, 0.2) is 76.6 Å². The first-order valence-corrected chi connectivity index (χ1v) is 14.1. The Morgan fingerprint density at radius 1 is 0.714 bits per heavy atom. The maximum atomic E-state index is 9.55. The zero-order valence-corrected chi connectivity index (χ0v) is 24.5. The number of rotatable bonds is 9. The third-order valence-corrected chi connectivity index (χ3v) is 7.33. The Morgan fingerprint density at radius 2 is 1.21 bits per heavy atom. The molecule has 0 atom stereocenters. The van der Waals surface area contributed by atoms with Crippen LogP contribution in [-0.2, 0) is 19.2 Å². The minimum atomic E-state index is -1.26. The van der Waals surface area contributed by atoms with Gasteiger partial charge in [0.05, 0.1) is 11.4 Å². The van der Waals surface area contributed by atoms with E-state index >= 15 is 0 Å². The molecule has 4 N–H and O–H groups in total. The van der Waals surface area contributed by atoms with Gasteiger partial charge in [0, 0.05) is 66.8 Å². The lowest BCUT2D eigenvalue weighted by molar-refractivity contribution is -0.134. The topological polar surface area (TPSA) is 159 Å². The van der Waals surface area contributed by atoms with Gasteiger partial charge in [-0.05, 0) is 63.2 Å². The minimum Gasteiger partial charge on any atom is -0.478 e. The molecule has 0 spiro atoms. The Bertz CT molecular complexity index is 1220. The van der Waals surface area contributed by atoms with E-state index in [-0.39, 0.29) is 0 Å². The van der Waals surface area contributed by atoms with Crippen LogP contribution in [0.4, 0.5) is 11.4 Å². The summed E-state index contributed by atoms with van der Waals surface area (Å²) in [6.07, 6.45) is 4.74. The SMILES string of the molecule is Cc1ccc2c(c1)Sc1ccccc1N2CCCCN1CCN(C)CC1.O=C(O)/C=C\C(=O)O.O=C(O)/C=C\C(=O)O. The lowest BCUT2D eigenvalue weighted by atomic mass is 10.1. The molecule has 0 saturated carbocycles. The standard InChI is InChI=1S/C22H29N3S.2C4H4O4/c1-18-9-10-20-22(17-18)26-21-8-4-3-7-19(21)25(20)12-6-5-11-24-15-13-23(2)14-16-24;2*5-3(6)1-2-4(7)8/h3-4,7-10,17H,5-6,11-16H2,1-2H3;2*1-2H,(H,5,6)(H,7,8)/b;2*2-1-. The number of carboxylic acid groups (broad SMARTS) is 4. The molecule has 2 aliphatic rings. The molecule has 0 bridgehead atoms. The van der Waals surface area contributed by atoms with Crippen LogP contribution in [0.2, 0.25) is 0 Å². The number of aliphatic carboxylic acids is 4. The van der Waals surface area contributed by atoms with E-state index in [2.05, 4.69) is 71.1 Å². The van der Waals surface area contributed by atoms with E-state index in [1.165, 1.54) is 72.3 Å². The molecular weight excluding hydrogens is 562 g/mol. The Balaban J connectivity index is 0.000000319. The summed E-state index contributed by atoms with van der Waals surface area (Å²) >= 11 is 1.91. The van der Waals surface area contributed by atoms with Gasteiger partial charge in [-0.15, -0.1) is 0 Å². The van der Waals surface area contributed by atoms with Crippen molar-refractivity contribution in [1.29, 1.82) is 0 Å². The molecule has 11 nitrogen and oxygen atoms in total. The van der Waals surface area contributed by atoms with Crippen molar-refractivity contribution in [3.8, 4) is 0 Å². The first kappa shape index (κ1) is 34.1. The predicted octanol–water partition coefficient (Wildman–Crippen LogP) is 4.05. The molecule has 2 heterocycles. The fourth-order valence-corrected chi connectivity index (χ4v) is 5.34. The van der Waals surface area contributed by atoms with Gasteiger partial charge in [0.15, 0.2) is 0 Å². The van der Waals surface area contributed by atoms with Gasteiger partial charge in [0.25, 0.3) is 0 Å². The minimum absolute atomic E-state index is 0.558. The number of carboxylic acids is 4. The summed E-state index contributed by atoms with van der Waals surface area (Å²) in [6, 6.07) is 15.7. The van der Waals surface area contributed by atoms with Crippen molar-refractivity contribution >= 4 is 47.0 Å². The number of para-hydroxylation sites is 1. The summed E-state index contributed by atoms with van der Waals surface area (Å²) < 4.78 is 0. The van der Waals surface area contributed by atoms with Gasteiger partial charge in [-0.3, -0.25) is 0 Å². The Morgan fingerprint density at radius 3 is 1.76 bits per heavy atom. The maximum absolute atomic E-state index is 9.55. The molecular formula is C30H37N3O8S. The van der Waals surface area contributed by atoms with Crippen molar-refractivity contribution in [2.24, 2.45) is 0 Å². The zero-order chi connectivity index (χ0) is 31.1. The average Bonchev–Trinajstić information content (AvgIpc) is 2.94. The highest BCUT2D eigenvalue weighted by Gasteiger charge is 2.23. The number of nitrogens with zero attached hydrogens (tertiary/aromatic N) is 3. The molecule has 42 heavy (non-hydrogen) atoms. The zero-order valence-electron chi connectivity index (χ0n) is 23.7. The van der Waals surface area contributed by atoms with E-state index in [0.29, 0.717) is 24.3 Å². The fraction of sp³-hybridized carbons (Fsp3) is 0.333. The number of fused-ring (bicyclic) bond motifs is 2. The Labute approximate surface area is 249 Å². The highest BCUT2D eigenvalue weighted by Crippen LogP contribution is 2.48. The Kier molecular flexibility index (Phi) is 14.3. The van der Waals surface area contributed by atoms with Gasteiger partial charge in [-0.1, -0.05) is 30.0 Å². The van der Waals surface area contributed by atoms with Crippen molar-refractivity contribution in [1.82, 2.24) is 9.80 Å². The second kappa shape index (κ2) is 17.6. The molecule has 4 rings (SSSR count). The predicted molar refractivity (Wildman–Crippen MR) is 161 cm³/mol. The van der Waals surface area contributed by atoms with Gasteiger partial charge < -0.3 is 35.1 Å². The van der Waals surface area contributed by atoms with Crippen LogP contribution in [0.25, 0.3) is 0 Å². The van der Waals surface area contributed by atoms with E-state index < -0.39 is 23.9 Å². The van der Waals surface area contributed by atoms with Crippen molar-refractivity contribution in [3.05, 3.63) is 72.3 Å². The normalized spacial score (nSPS) is 14.7. The summed E-state index contributed by atoms with van der Waals surface area (Å²) in [5.41, 5.74) is 4.08. The number of unbranched alkanes of at least 4 members (excludes halogenated alkanes) is 1. The molecule has 0 amide bonds. The molecule has 0 radical (unpaired) electrons. The van der Waals surface area contributed by atoms with Crippen molar-refractivity contribution < 1.29 is 39.6 Å². The first-order valence-electron chi connectivity index (χ1n) is 13.3. The number of hydrogen-bond donors (Lipinski definition) is 4. The van der Waals surface area contributed by atoms with E-state index in [1.807, 2.05) is 11.8 Å². The number of likely N-dealkylation sites (N-methyl/N-ethyl adjacent to an activating group) is 1. The number of aryl methyl sites for hydroxylation is 1. The number of anilines is 2. The van der Waals surface area contributed by atoms with Crippen LogP contribution < -0.4 is 4.90 Å². The highest BCUT2D eigenvalue weighted by atomic mass is 32.2. The van der Waals surface area contributed by atoms with Crippen LogP contribution in [0.3, 0.4) is 0 Å². The van der Waals surface area contributed by atoms with Crippen LogP contribution in [0.1, 0.15) is 18.4 Å². The highest BCUT2D eigenvalue weighted by molar-refractivity contribution is 7.99. The van der Waals surface area contributed by atoms with E-state index in [1.54, 1.807) is 0 Å². The molecule has 226 valence electrons. The van der Waals surface area contributed by atoms with Crippen LogP contribution >= 0.6 is 11.8 Å². The van der Waals surface area contributed by atoms with Gasteiger partial charge in [-0.2, -0.15) is 0 Å². The maximum Gasteiger partial charge on any atom is 0.328 e. The van der Waals surface area contributed by atoms with Crippen molar-refractivity contribution in [2.75, 3.05) is 51.2 Å². The lowest BCUT2D eigenvalue weighted by Gasteiger charge is -2.34. The number of carbonyl (C=O) groups is 4. The Hall–Kier alpha value is -4.13. The first-order chi connectivity index (χ1) is 20.0. The summed E-state index contributed by atoms with van der Waals surface area (Å²) in [7, 11) is 2.22. The molecule has 0 aromatic heterocycles. The van der Waals surface area contributed by atoms with Gasteiger partial charge in [0.2, 0.25) is 0 Å². The molecule has 1 fully saturated rings. The van der Waals surface area contributed by atoms with Crippen LogP contribution in [0, 0.1) is 6.92 Å². The van der Waals surface area contributed by atoms with Crippen molar-refractivity contribution in [2.45, 2.75) is 29.6 Å². The summed E-state index contributed by atoms with van der Waals surface area (Å²) in [6.45, 7) is 9.39. The van der Waals surface area contributed by atoms with Gasteiger partial charge >= 0.3 is 23.9 Å². The molecule has 2 aliphatic heterocycles. The molecule has 12 heteroatoms. The summed E-state index contributed by atoms with van der Waals surface area (Å²) in [4.78, 5) is 48.6. The fourth-order valence-electron chi connectivity index (χ4n) is 4.14. The van der Waals surface area contributed by atoms with E-state index in [9.17, 15) is 19.2 Å². The molecule has 2 aromatic rings. The second-order valence-corrected chi connectivity index (χ2v) is 10.6. The lowest BCUT2D eigenvalue weighted by Crippen LogP contribution is -2.44. The number of benzene rings is 2. The van der Waals surface area contributed by atoms with Crippen LogP contribution in [0.5, 0.6) is 0 Å². The van der Waals surface area contributed by atoms with Crippen molar-refractivity contribution in [3.63, 3.8) is 0 Å². The summed E-state index contributed by atoms with van der Waals surface area (Å²) in [5.74, 6) is -5.03. The van der Waals surface area contributed by atoms with Crippen LogP contribution in [-0.4, -0.2) is 100 Å². The molecule has 2 aromatic carbocycles. The smallest absolute Gasteiger partial charge is 0.328 e. The third-order valence-electron chi connectivity index (χ3n) is 6.22. The third kappa shape index (κ3) is 12.6. The molecule has 0 unspecified atom stereocenters. The quantitative estimate of drug-likeness (QED) is 0.242. The second-order valence-electron chi connectivity index (χ2n) is 9.56. The van der Waals surface area contributed by atoms with Gasteiger partial charge in [-0.25, -0.2) is 19.2 Å². The number of hydrogen-bond acceptors (Lipinski definition) is 8. The molecule has 1 saturated heterocycles. The monoisotopic (exact) mass is 599 g/mol.